The van der Waals surface area contributed by atoms with Crippen LogP contribution < -0.4 is 0 Å². The molecule has 194 valence electrons. The first-order valence-electron chi connectivity index (χ1n) is 13.0. The Morgan fingerprint density at radius 3 is 2.51 bits per heavy atom. The Morgan fingerprint density at radius 2 is 1.81 bits per heavy atom. The number of carbonyl (C=O) groups is 2. The summed E-state index contributed by atoms with van der Waals surface area (Å²) in [4.78, 5) is 35.3. The molecule has 2 aliphatic heterocycles. The number of hydrogen-bond donors (Lipinski definition) is 1. The highest BCUT2D eigenvalue weighted by atomic mass is 16.5. The molecule has 37 heavy (non-hydrogen) atoms. The highest BCUT2D eigenvalue weighted by Gasteiger charge is 2.46. The van der Waals surface area contributed by atoms with Crippen LogP contribution in [0.4, 0.5) is 0 Å². The number of pyridine rings is 1. The van der Waals surface area contributed by atoms with Gasteiger partial charge in [0.05, 0.1) is 30.5 Å². The van der Waals surface area contributed by atoms with Crippen molar-refractivity contribution in [1.29, 1.82) is 0 Å². The van der Waals surface area contributed by atoms with Gasteiger partial charge in [-0.3, -0.25) is 18.9 Å². The highest BCUT2D eigenvalue weighted by molar-refractivity contribution is 6.46. The van der Waals surface area contributed by atoms with E-state index < -0.39 is 17.7 Å². The summed E-state index contributed by atoms with van der Waals surface area (Å²) in [5, 5.41) is 11.6. The number of morpholine rings is 1. The molecule has 1 amide bonds. The fraction of sp³-hybridized carbons (Fsp3) is 0.414. The average molecular weight is 503 g/mol. The number of aliphatic hydroxyl groups excluding tert-OH is 1. The molecule has 2 saturated heterocycles. The van der Waals surface area contributed by atoms with E-state index in [0.29, 0.717) is 42.7 Å². The lowest BCUT2D eigenvalue weighted by Gasteiger charge is -2.29. The molecule has 3 aromatic rings. The number of nitrogens with zero attached hydrogens (tertiary/aromatic N) is 4. The van der Waals surface area contributed by atoms with Gasteiger partial charge in [0.2, 0.25) is 0 Å². The Balaban J connectivity index is 1.55. The van der Waals surface area contributed by atoms with Crippen LogP contribution in [0.5, 0.6) is 0 Å². The smallest absolute Gasteiger partial charge is 0.295 e. The molecule has 1 atom stereocenters. The van der Waals surface area contributed by atoms with Crippen LogP contribution in [0, 0.1) is 6.92 Å². The predicted molar refractivity (Wildman–Crippen MR) is 141 cm³/mol. The maximum absolute atomic E-state index is 13.5. The Kier molecular flexibility index (Phi) is 7.13. The second-order valence-corrected chi connectivity index (χ2v) is 10.1. The van der Waals surface area contributed by atoms with Crippen molar-refractivity contribution in [1.82, 2.24) is 19.2 Å². The first kappa shape index (κ1) is 25.2. The molecule has 1 aromatic carbocycles. The van der Waals surface area contributed by atoms with Crippen LogP contribution in [-0.4, -0.2) is 75.4 Å². The monoisotopic (exact) mass is 502 g/mol. The molecule has 0 bridgehead atoms. The number of rotatable bonds is 7. The lowest BCUT2D eigenvalue weighted by Crippen LogP contribution is -2.38. The fourth-order valence-corrected chi connectivity index (χ4v) is 5.34. The number of fused-ring (bicyclic) bond motifs is 1. The van der Waals surface area contributed by atoms with Gasteiger partial charge in [0.25, 0.3) is 11.7 Å². The Hall–Kier alpha value is -3.49. The normalized spacial score (nSPS) is 20.4. The van der Waals surface area contributed by atoms with Gasteiger partial charge in [-0.05, 0) is 42.5 Å². The third-order valence-corrected chi connectivity index (χ3v) is 7.36. The first-order valence-corrected chi connectivity index (χ1v) is 13.0. The van der Waals surface area contributed by atoms with Gasteiger partial charge in [-0.1, -0.05) is 44.2 Å². The molecule has 5 rings (SSSR count). The summed E-state index contributed by atoms with van der Waals surface area (Å²) < 4.78 is 7.20. The van der Waals surface area contributed by atoms with E-state index in [1.54, 1.807) is 22.4 Å². The molecule has 8 heteroatoms. The number of aliphatic hydroxyl groups is 1. The zero-order valence-corrected chi connectivity index (χ0v) is 21.7. The zero-order chi connectivity index (χ0) is 26.1. The second-order valence-electron chi connectivity index (χ2n) is 10.1. The van der Waals surface area contributed by atoms with Crippen molar-refractivity contribution in [2.45, 2.75) is 39.2 Å². The zero-order valence-electron chi connectivity index (χ0n) is 21.7. The van der Waals surface area contributed by atoms with E-state index >= 15 is 0 Å². The van der Waals surface area contributed by atoms with Crippen molar-refractivity contribution in [2.75, 3.05) is 39.4 Å². The molecule has 2 aliphatic rings. The molecule has 8 nitrogen and oxygen atoms in total. The van der Waals surface area contributed by atoms with Crippen molar-refractivity contribution < 1.29 is 19.4 Å². The highest BCUT2D eigenvalue weighted by Crippen LogP contribution is 2.40. The number of aromatic nitrogens is 2. The molecule has 0 radical (unpaired) electrons. The summed E-state index contributed by atoms with van der Waals surface area (Å²) in [5.74, 6) is -1.07. The Morgan fingerprint density at radius 1 is 1.08 bits per heavy atom. The molecule has 2 aromatic heterocycles. The van der Waals surface area contributed by atoms with Gasteiger partial charge in [-0.15, -0.1) is 0 Å². The summed E-state index contributed by atoms with van der Waals surface area (Å²) in [5.41, 5.74) is 3.79. The fourth-order valence-electron chi connectivity index (χ4n) is 5.34. The van der Waals surface area contributed by atoms with Crippen molar-refractivity contribution in [3.05, 3.63) is 76.7 Å². The van der Waals surface area contributed by atoms with Crippen LogP contribution in [0.3, 0.4) is 0 Å². The molecule has 0 unspecified atom stereocenters. The predicted octanol–water partition coefficient (Wildman–Crippen LogP) is 3.91. The van der Waals surface area contributed by atoms with Crippen LogP contribution in [0.1, 0.15) is 54.7 Å². The second kappa shape index (κ2) is 10.5. The van der Waals surface area contributed by atoms with Crippen LogP contribution in [0.2, 0.25) is 0 Å². The lowest BCUT2D eigenvalue weighted by molar-refractivity contribution is -0.140. The maximum atomic E-state index is 13.5. The minimum Gasteiger partial charge on any atom is -0.505 e. The number of likely N-dealkylation sites (tertiary alicyclic amines) is 1. The van der Waals surface area contributed by atoms with E-state index in [0.717, 1.165) is 31.6 Å². The van der Waals surface area contributed by atoms with Gasteiger partial charge in [-0.25, -0.2) is 4.98 Å². The number of amides is 1. The van der Waals surface area contributed by atoms with E-state index in [-0.39, 0.29) is 11.3 Å². The number of Topliss-reactive ketones (excluding diaryl/α,β-unsaturated/α-hetero) is 1. The summed E-state index contributed by atoms with van der Waals surface area (Å²) >= 11 is 0. The largest absolute Gasteiger partial charge is 0.505 e. The minimum atomic E-state index is -0.667. The number of imidazole rings is 1. The summed E-state index contributed by atoms with van der Waals surface area (Å²) in [7, 11) is 0. The molecule has 0 aliphatic carbocycles. The third-order valence-electron chi connectivity index (χ3n) is 7.36. The number of ketones is 1. The van der Waals surface area contributed by atoms with Crippen LogP contribution in [-0.2, 0) is 14.3 Å². The van der Waals surface area contributed by atoms with Crippen LogP contribution in [0.25, 0.3) is 11.4 Å². The molecule has 1 N–H and O–H groups in total. The van der Waals surface area contributed by atoms with E-state index in [9.17, 15) is 14.7 Å². The summed E-state index contributed by atoms with van der Waals surface area (Å²) in [6.07, 6.45) is 2.53. The average Bonchev–Trinajstić information content (AvgIpc) is 3.37. The van der Waals surface area contributed by atoms with E-state index in [1.165, 1.54) is 5.56 Å². The molecule has 0 spiro atoms. The SMILES string of the molecule is Cc1nc2ccccn2c1/C(O)=C1\C(=O)C(=O)N(CCCN2CCOCC2)[C@H]1c1ccc(C(C)C)cc1. The molecular weight excluding hydrogens is 468 g/mol. The molecule has 0 saturated carbocycles. The van der Waals surface area contributed by atoms with E-state index in [4.69, 9.17) is 4.74 Å². The lowest BCUT2D eigenvalue weighted by atomic mass is 9.93. The van der Waals surface area contributed by atoms with Crippen molar-refractivity contribution in [3.8, 4) is 0 Å². The molecule has 2 fully saturated rings. The van der Waals surface area contributed by atoms with Gasteiger partial charge in [0, 0.05) is 32.4 Å². The molecule has 4 heterocycles. The minimum absolute atomic E-state index is 0.113. The number of aryl methyl sites for hydroxylation is 1. The number of hydrogen-bond acceptors (Lipinski definition) is 6. The number of ether oxygens (including phenoxy) is 1. The third kappa shape index (κ3) is 4.79. The Bertz CT molecular complexity index is 1340. The molecular formula is C29H34N4O4. The Labute approximate surface area is 217 Å². The van der Waals surface area contributed by atoms with Gasteiger partial charge in [0.1, 0.15) is 11.3 Å². The van der Waals surface area contributed by atoms with Gasteiger partial charge >= 0.3 is 0 Å². The van der Waals surface area contributed by atoms with Crippen LogP contribution in [0.15, 0.2) is 54.2 Å². The van der Waals surface area contributed by atoms with E-state index in [2.05, 4.69) is 23.7 Å². The standard InChI is InChI=1S/C29H34N4O4/c1-19(2)21-8-10-22(11-9-21)26-24(27(34)25-20(3)30-23-7-4-5-13-32(23)25)28(35)29(36)33(26)14-6-12-31-15-17-37-18-16-31/h4-5,7-11,13,19,26,34H,6,12,14-18H2,1-3H3/b27-24+/t26-/m0/s1. The van der Waals surface area contributed by atoms with Gasteiger partial charge in [0.15, 0.2) is 5.76 Å². The maximum Gasteiger partial charge on any atom is 0.295 e. The number of carbonyl (C=O) groups excluding carboxylic acids is 2. The van der Waals surface area contributed by atoms with Gasteiger partial charge < -0.3 is 14.7 Å². The quantitative estimate of drug-likeness (QED) is 0.300. The first-order chi connectivity index (χ1) is 17.9. The van der Waals surface area contributed by atoms with Gasteiger partial charge in [-0.2, -0.15) is 0 Å². The summed E-state index contributed by atoms with van der Waals surface area (Å²) in [6, 6.07) is 12.9. The van der Waals surface area contributed by atoms with Crippen molar-refractivity contribution in [3.63, 3.8) is 0 Å². The number of benzene rings is 1. The topological polar surface area (TPSA) is 87.4 Å². The van der Waals surface area contributed by atoms with Crippen molar-refractivity contribution >= 4 is 23.1 Å². The van der Waals surface area contributed by atoms with Crippen molar-refractivity contribution in [2.24, 2.45) is 0 Å². The van der Waals surface area contributed by atoms with Crippen LogP contribution >= 0.6 is 0 Å². The summed E-state index contributed by atoms with van der Waals surface area (Å²) in [6.45, 7) is 10.4. The van der Waals surface area contributed by atoms with E-state index in [1.807, 2.05) is 42.5 Å².